The minimum Gasteiger partial charge on any atom is -0.480 e. The molecule has 7 nitrogen and oxygen atoms in total. The third kappa shape index (κ3) is 4.77. The van der Waals surface area contributed by atoms with Crippen LogP contribution in [-0.4, -0.2) is 42.3 Å². The largest absolute Gasteiger partial charge is 0.480 e. The summed E-state index contributed by atoms with van der Waals surface area (Å²) in [6, 6.07) is 15.2. The molecule has 3 rings (SSSR count). The summed E-state index contributed by atoms with van der Waals surface area (Å²) in [6.07, 6.45) is 0.101. The van der Waals surface area contributed by atoms with E-state index >= 15 is 0 Å². The molecule has 0 fully saturated rings. The second-order valence-corrected chi connectivity index (χ2v) is 8.37. The van der Waals surface area contributed by atoms with Crippen molar-refractivity contribution >= 4 is 18.0 Å². The maximum absolute atomic E-state index is 12.7. The van der Waals surface area contributed by atoms with Gasteiger partial charge in [-0.25, -0.2) is 9.59 Å². The van der Waals surface area contributed by atoms with E-state index in [9.17, 15) is 19.5 Å². The summed E-state index contributed by atoms with van der Waals surface area (Å²) >= 11 is 0. The molecule has 0 heterocycles. The number of benzene rings is 2. The van der Waals surface area contributed by atoms with Crippen molar-refractivity contribution < 1.29 is 24.2 Å². The number of aliphatic carboxylic acids is 1. The Morgan fingerprint density at radius 1 is 1.03 bits per heavy atom. The van der Waals surface area contributed by atoms with E-state index in [0.29, 0.717) is 6.42 Å². The minimum atomic E-state index is -1.08. The van der Waals surface area contributed by atoms with Crippen molar-refractivity contribution in [2.24, 2.45) is 5.41 Å². The molecular formula is C25H30N2O5. The molecule has 2 atom stereocenters. The first-order valence-electron chi connectivity index (χ1n) is 10.9. The van der Waals surface area contributed by atoms with Crippen LogP contribution in [-0.2, 0) is 14.3 Å². The SMILES string of the molecule is CC[C@H](NC(=O)C(C)(CC)CNC(=O)OCC1c2ccccc2-c2ccccc21)C(=O)O. The van der Waals surface area contributed by atoms with Gasteiger partial charge in [0.25, 0.3) is 0 Å². The zero-order valence-electron chi connectivity index (χ0n) is 18.7. The summed E-state index contributed by atoms with van der Waals surface area (Å²) in [5.74, 6) is -1.54. The standard InChI is InChI=1S/C25H30N2O5/c1-4-21(22(28)29)27-23(30)25(3,5-2)15-26-24(31)32-14-20-18-12-8-6-10-16(18)17-11-7-9-13-19(17)20/h6-13,20-21H,4-5,14-15H2,1-3H3,(H,26,31)(H,27,30)(H,28,29)/t21-,25?/m0/s1. The Labute approximate surface area is 188 Å². The number of ether oxygens (including phenoxy) is 1. The van der Waals surface area contributed by atoms with Crippen LogP contribution in [0.5, 0.6) is 0 Å². The molecule has 1 unspecified atom stereocenters. The molecule has 1 aliphatic carbocycles. The summed E-state index contributed by atoms with van der Waals surface area (Å²) in [5, 5.41) is 14.4. The number of amides is 2. The van der Waals surface area contributed by atoms with Crippen LogP contribution >= 0.6 is 0 Å². The lowest BCUT2D eigenvalue weighted by Gasteiger charge is -2.28. The van der Waals surface area contributed by atoms with Crippen molar-refractivity contribution in [1.82, 2.24) is 10.6 Å². The highest BCUT2D eigenvalue weighted by Crippen LogP contribution is 2.44. The smallest absolute Gasteiger partial charge is 0.407 e. The Morgan fingerprint density at radius 2 is 1.59 bits per heavy atom. The number of fused-ring (bicyclic) bond motifs is 3. The number of carboxylic acid groups (broad SMARTS) is 1. The normalized spacial score (nSPS) is 15.1. The molecule has 3 N–H and O–H groups in total. The van der Waals surface area contributed by atoms with Gasteiger partial charge < -0.3 is 20.5 Å². The first kappa shape index (κ1) is 23.3. The molecule has 1 aliphatic rings. The van der Waals surface area contributed by atoms with E-state index in [0.717, 1.165) is 22.3 Å². The lowest BCUT2D eigenvalue weighted by molar-refractivity contribution is -0.143. The Morgan fingerprint density at radius 3 is 2.09 bits per heavy atom. The van der Waals surface area contributed by atoms with Gasteiger partial charge in [0.1, 0.15) is 12.6 Å². The van der Waals surface area contributed by atoms with E-state index in [1.54, 1.807) is 13.8 Å². The van der Waals surface area contributed by atoms with Crippen LogP contribution in [0.2, 0.25) is 0 Å². The summed E-state index contributed by atoms with van der Waals surface area (Å²) in [5.41, 5.74) is 3.60. The Hall–Kier alpha value is -3.35. The average Bonchev–Trinajstić information content (AvgIpc) is 3.13. The molecule has 2 aromatic rings. The average molecular weight is 439 g/mol. The molecule has 0 spiro atoms. The fourth-order valence-corrected chi connectivity index (χ4v) is 3.95. The molecule has 0 saturated heterocycles. The molecule has 0 aliphatic heterocycles. The van der Waals surface area contributed by atoms with Crippen LogP contribution in [0.15, 0.2) is 48.5 Å². The molecule has 32 heavy (non-hydrogen) atoms. The van der Waals surface area contributed by atoms with Gasteiger partial charge in [-0.3, -0.25) is 4.79 Å². The highest BCUT2D eigenvalue weighted by Gasteiger charge is 2.35. The van der Waals surface area contributed by atoms with Crippen molar-refractivity contribution in [2.75, 3.05) is 13.2 Å². The molecule has 170 valence electrons. The third-order valence-corrected chi connectivity index (χ3v) is 6.31. The number of carboxylic acids is 1. The minimum absolute atomic E-state index is 0.0437. The van der Waals surface area contributed by atoms with E-state index in [-0.39, 0.29) is 25.5 Å². The highest BCUT2D eigenvalue weighted by molar-refractivity contribution is 5.87. The number of hydrogen-bond donors (Lipinski definition) is 3. The number of carbonyl (C=O) groups excluding carboxylic acids is 2. The van der Waals surface area contributed by atoms with E-state index in [1.165, 1.54) is 0 Å². The van der Waals surface area contributed by atoms with Gasteiger partial charge in [0, 0.05) is 12.5 Å². The zero-order valence-corrected chi connectivity index (χ0v) is 18.7. The predicted molar refractivity (Wildman–Crippen MR) is 121 cm³/mol. The van der Waals surface area contributed by atoms with Crippen LogP contribution in [0.1, 0.15) is 50.7 Å². The van der Waals surface area contributed by atoms with Gasteiger partial charge in [-0.15, -0.1) is 0 Å². The number of rotatable bonds is 9. The van der Waals surface area contributed by atoms with Gasteiger partial charge in [0.15, 0.2) is 0 Å². The number of alkyl carbamates (subject to hydrolysis) is 1. The van der Waals surface area contributed by atoms with Crippen LogP contribution in [0.4, 0.5) is 4.79 Å². The quantitative estimate of drug-likeness (QED) is 0.550. The highest BCUT2D eigenvalue weighted by atomic mass is 16.5. The van der Waals surface area contributed by atoms with E-state index in [4.69, 9.17) is 4.74 Å². The molecule has 0 bridgehead atoms. The van der Waals surface area contributed by atoms with Crippen LogP contribution in [0.3, 0.4) is 0 Å². The van der Waals surface area contributed by atoms with Crippen LogP contribution < -0.4 is 10.6 Å². The molecule has 2 aromatic carbocycles. The Kier molecular flexibility index (Phi) is 7.18. The molecule has 7 heteroatoms. The number of hydrogen-bond acceptors (Lipinski definition) is 4. The fourth-order valence-electron chi connectivity index (χ4n) is 3.95. The monoisotopic (exact) mass is 438 g/mol. The van der Waals surface area contributed by atoms with Gasteiger partial charge in [0.05, 0.1) is 5.41 Å². The van der Waals surface area contributed by atoms with Crippen molar-refractivity contribution in [1.29, 1.82) is 0 Å². The third-order valence-electron chi connectivity index (χ3n) is 6.31. The van der Waals surface area contributed by atoms with E-state index in [2.05, 4.69) is 22.8 Å². The summed E-state index contributed by atoms with van der Waals surface area (Å²) in [7, 11) is 0. The van der Waals surface area contributed by atoms with Crippen LogP contribution in [0, 0.1) is 5.41 Å². The second kappa shape index (κ2) is 9.85. The predicted octanol–water partition coefficient (Wildman–Crippen LogP) is 3.92. The zero-order chi connectivity index (χ0) is 23.3. The van der Waals surface area contributed by atoms with Gasteiger partial charge >= 0.3 is 12.1 Å². The summed E-state index contributed by atoms with van der Waals surface area (Å²) < 4.78 is 5.52. The first-order chi connectivity index (χ1) is 15.3. The first-order valence-corrected chi connectivity index (χ1v) is 10.9. The van der Waals surface area contributed by atoms with Gasteiger partial charge in [-0.2, -0.15) is 0 Å². The number of nitrogens with one attached hydrogen (secondary N) is 2. The van der Waals surface area contributed by atoms with Crippen molar-refractivity contribution in [2.45, 2.75) is 45.6 Å². The topological polar surface area (TPSA) is 105 Å². The van der Waals surface area contributed by atoms with Crippen molar-refractivity contribution in [3.63, 3.8) is 0 Å². The molecule has 0 saturated carbocycles. The van der Waals surface area contributed by atoms with Crippen molar-refractivity contribution in [3.8, 4) is 11.1 Å². The van der Waals surface area contributed by atoms with E-state index in [1.807, 2.05) is 43.3 Å². The van der Waals surface area contributed by atoms with E-state index < -0.39 is 29.4 Å². The van der Waals surface area contributed by atoms with Gasteiger partial charge in [0.2, 0.25) is 5.91 Å². The molecule has 0 radical (unpaired) electrons. The van der Waals surface area contributed by atoms with Gasteiger partial charge in [-0.1, -0.05) is 62.4 Å². The lowest BCUT2D eigenvalue weighted by Crippen LogP contribution is -2.51. The van der Waals surface area contributed by atoms with Gasteiger partial charge in [-0.05, 0) is 42.0 Å². The second-order valence-electron chi connectivity index (χ2n) is 8.37. The molecular weight excluding hydrogens is 408 g/mol. The molecule has 0 aromatic heterocycles. The maximum atomic E-state index is 12.7. The Balaban J connectivity index is 1.60. The Bertz CT molecular complexity index is 960. The lowest BCUT2D eigenvalue weighted by atomic mass is 9.86. The van der Waals surface area contributed by atoms with Crippen molar-refractivity contribution in [3.05, 3.63) is 59.7 Å². The number of carbonyl (C=O) groups is 3. The molecule has 2 amide bonds. The maximum Gasteiger partial charge on any atom is 0.407 e. The summed E-state index contributed by atoms with van der Waals surface area (Å²) in [4.78, 5) is 36.3. The van der Waals surface area contributed by atoms with Crippen LogP contribution in [0.25, 0.3) is 11.1 Å². The summed E-state index contributed by atoms with van der Waals surface area (Å²) in [6.45, 7) is 5.44. The fraction of sp³-hybridized carbons (Fsp3) is 0.400.